The van der Waals surface area contributed by atoms with Crippen molar-refractivity contribution in [1.29, 1.82) is 0 Å². The third kappa shape index (κ3) is 2.53. The maximum Gasteiger partial charge on any atom is 0.253 e. The number of aryl methyl sites for hydroxylation is 2. The first-order valence-corrected chi connectivity index (χ1v) is 9.03. The van der Waals surface area contributed by atoms with Crippen LogP contribution < -0.4 is 10.9 Å². The molecule has 126 valence electrons. The lowest BCUT2D eigenvalue weighted by atomic mass is 9.89. The summed E-state index contributed by atoms with van der Waals surface area (Å²) in [5.74, 6) is 0. The van der Waals surface area contributed by atoms with Gasteiger partial charge in [-0.15, -0.1) is 0 Å². The SMILES string of the molecule is CCNCCCn1nc(C2=CC=C2)c2c3c(c(=O)[nH]c21)CCCC3. The lowest BCUT2D eigenvalue weighted by Crippen LogP contribution is -2.20. The van der Waals surface area contributed by atoms with Gasteiger partial charge in [0.25, 0.3) is 5.56 Å². The summed E-state index contributed by atoms with van der Waals surface area (Å²) in [5, 5.41) is 9.37. The summed E-state index contributed by atoms with van der Waals surface area (Å²) in [6.07, 6.45) is 11.4. The van der Waals surface area contributed by atoms with Crippen molar-refractivity contribution >= 4 is 16.6 Å². The number of aromatic amines is 1. The average molecular weight is 324 g/mol. The van der Waals surface area contributed by atoms with Gasteiger partial charge in [0, 0.05) is 23.1 Å². The zero-order valence-corrected chi connectivity index (χ0v) is 14.2. The first-order valence-electron chi connectivity index (χ1n) is 9.03. The maximum atomic E-state index is 12.5. The van der Waals surface area contributed by atoms with Crippen LogP contribution in [-0.4, -0.2) is 27.9 Å². The van der Waals surface area contributed by atoms with Crippen molar-refractivity contribution in [3.8, 4) is 0 Å². The Kier molecular flexibility index (Phi) is 4.10. The quantitative estimate of drug-likeness (QED) is 0.803. The van der Waals surface area contributed by atoms with E-state index < -0.39 is 0 Å². The van der Waals surface area contributed by atoms with Crippen LogP contribution in [0.1, 0.15) is 43.0 Å². The number of pyridine rings is 1. The van der Waals surface area contributed by atoms with Crippen molar-refractivity contribution in [1.82, 2.24) is 20.1 Å². The van der Waals surface area contributed by atoms with Gasteiger partial charge >= 0.3 is 0 Å². The highest BCUT2D eigenvalue weighted by Gasteiger charge is 2.24. The van der Waals surface area contributed by atoms with E-state index in [1.54, 1.807) is 0 Å². The predicted molar refractivity (Wildman–Crippen MR) is 97.3 cm³/mol. The van der Waals surface area contributed by atoms with E-state index in [-0.39, 0.29) is 5.56 Å². The third-order valence-electron chi connectivity index (χ3n) is 5.03. The number of H-pyrrole nitrogens is 1. The average Bonchev–Trinajstić information content (AvgIpc) is 2.89. The Labute approximate surface area is 141 Å². The predicted octanol–water partition coefficient (Wildman–Crippen LogP) is 2.56. The fourth-order valence-electron chi connectivity index (χ4n) is 3.73. The van der Waals surface area contributed by atoms with Gasteiger partial charge in [0.1, 0.15) is 11.3 Å². The topological polar surface area (TPSA) is 62.7 Å². The lowest BCUT2D eigenvalue weighted by molar-refractivity contribution is 0.558. The van der Waals surface area contributed by atoms with Gasteiger partial charge in [-0.25, -0.2) is 4.68 Å². The number of rotatable bonds is 6. The number of nitrogens with zero attached hydrogens (tertiary/aromatic N) is 2. The third-order valence-corrected chi connectivity index (χ3v) is 5.03. The molecule has 0 saturated carbocycles. The zero-order valence-electron chi connectivity index (χ0n) is 14.2. The molecule has 2 aromatic rings. The van der Waals surface area contributed by atoms with Gasteiger partial charge in [-0.3, -0.25) is 4.79 Å². The van der Waals surface area contributed by atoms with Crippen LogP contribution in [-0.2, 0) is 19.4 Å². The van der Waals surface area contributed by atoms with E-state index in [1.165, 1.54) is 16.5 Å². The van der Waals surface area contributed by atoms with Crippen molar-refractivity contribution in [3.63, 3.8) is 0 Å². The van der Waals surface area contributed by atoms with Crippen LogP contribution in [0, 0.1) is 0 Å². The Morgan fingerprint density at radius 1 is 1.29 bits per heavy atom. The molecule has 4 rings (SSSR count). The van der Waals surface area contributed by atoms with Crippen LogP contribution in [0.2, 0.25) is 0 Å². The van der Waals surface area contributed by atoms with Crippen molar-refractivity contribution < 1.29 is 0 Å². The van der Waals surface area contributed by atoms with E-state index in [0.29, 0.717) is 0 Å². The summed E-state index contributed by atoms with van der Waals surface area (Å²) in [6, 6.07) is 0. The molecule has 0 fully saturated rings. The summed E-state index contributed by atoms with van der Waals surface area (Å²) in [4.78, 5) is 15.7. The smallest absolute Gasteiger partial charge is 0.253 e. The van der Waals surface area contributed by atoms with Crippen molar-refractivity contribution in [3.05, 3.63) is 45.4 Å². The van der Waals surface area contributed by atoms with Gasteiger partial charge in [-0.05, 0) is 50.8 Å². The van der Waals surface area contributed by atoms with Gasteiger partial charge in [-0.2, -0.15) is 5.10 Å². The molecule has 2 heterocycles. The summed E-state index contributed by atoms with van der Waals surface area (Å²) >= 11 is 0. The molecule has 0 unspecified atom stereocenters. The molecule has 5 heteroatoms. The molecular weight excluding hydrogens is 300 g/mol. The highest BCUT2D eigenvalue weighted by atomic mass is 16.1. The number of hydrogen-bond acceptors (Lipinski definition) is 3. The molecule has 24 heavy (non-hydrogen) atoms. The first-order chi connectivity index (χ1) is 11.8. The van der Waals surface area contributed by atoms with Crippen LogP contribution >= 0.6 is 0 Å². The Bertz CT molecular complexity index is 885. The summed E-state index contributed by atoms with van der Waals surface area (Å²) in [5.41, 5.74) is 5.39. The fraction of sp³-hybridized carbons (Fsp3) is 0.474. The summed E-state index contributed by atoms with van der Waals surface area (Å²) in [6.45, 7) is 4.87. The van der Waals surface area contributed by atoms with Crippen LogP contribution in [0.15, 0.2) is 23.0 Å². The zero-order chi connectivity index (χ0) is 16.5. The van der Waals surface area contributed by atoms with E-state index in [2.05, 4.69) is 29.4 Å². The fourth-order valence-corrected chi connectivity index (χ4v) is 3.73. The highest BCUT2D eigenvalue weighted by Crippen LogP contribution is 2.33. The van der Waals surface area contributed by atoms with Gasteiger partial charge in [0.15, 0.2) is 0 Å². The first kappa shape index (κ1) is 15.4. The van der Waals surface area contributed by atoms with E-state index in [9.17, 15) is 4.79 Å². The van der Waals surface area contributed by atoms with Crippen LogP contribution in [0.25, 0.3) is 16.6 Å². The van der Waals surface area contributed by atoms with Crippen LogP contribution in [0.5, 0.6) is 0 Å². The minimum Gasteiger partial charge on any atom is -0.317 e. The normalized spacial score (nSPS) is 16.1. The molecule has 0 aromatic carbocycles. The van der Waals surface area contributed by atoms with Crippen LogP contribution in [0.4, 0.5) is 0 Å². The molecule has 2 aliphatic carbocycles. The number of aromatic nitrogens is 3. The molecule has 2 aromatic heterocycles. The molecular formula is C19H24N4O. The maximum absolute atomic E-state index is 12.5. The second-order valence-electron chi connectivity index (χ2n) is 6.60. The monoisotopic (exact) mass is 324 g/mol. The highest BCUT2D eigenvalue weighted by molar-refractivity contribution is 5.96. The Morgan fingerprint density at radius 2 is 2.08 bits per heavy atom. The largest absolute Gasteiger partial charge is 0.317 e. The molecule has 2 N–H and O–H groups in total. The second kappa shape index (κ2) is 6.40. The molecule has 0 spiro atoms. The van der Waals surface area contributed by atoms with Crippen molar-refractivity contribution in [2.75, 3.05) is 13.1 Å². The molecule has 0 atom stereocenters. The minimum atomic E-state index is 0.0784. The Hall–Kier alpha value is -2.14. The summed E-state index contributed by atoms with van der Waals surface area (Å²) < 4.78 is 1.99. The molecule has 2 aliphatic rings. The van der Waals surface area contributed by atoms with E-state index in [0.717, 1.165) is 68.6 Å². The molecule has 0 aliphatic heterocycles. The van der Waals surface area contributed by atoms with Gasteiger partial charge < -0.3 is 10.3 Å². The minimum absolute atomic E-state index is 0.0784. The molecule has 0 amide bonds. The number of fused-ring (bicyclic) bond motifs is 3. The lowest BCUT2D eigenvalue weighted by Gasteiger charge is -2.16. The van der Waals surface area contributed by atoms with E-state index in [4.69, 9.17) is 5.10 Å². The summed E-state index contributed by atoms with van der Waals surface area (Å²) in [7, 11) is 0. The van der Waals surface area contributed by atoms with Gasteiger partial charge in [0.2, 0.25) is 0 Å². The van der Waals surface area contributed by atoms with Crippen LogP contribution in [0.3, 0.4) is 0 Å². The van der Waals surface area contributed by atoms with E-state index >= 15 is 0 Å². The molecule has 0 saturated heterocycles. The number of nitrogens with one attached hydrogen (secondary N) is 2. The standard InChI is InChI=1S/C19H24N4O/c1-2-20-11-6-12-23-18-16(17(22-23)13-7-5-8-13)14-9-3-4-10-15(14)19(24)21-18/h5,7-8,20H,2-4,6,9-12H2,1H3,(H,21,24). The number of allylic oxidation sites excluding steroid dienone is 4. The second-order valence-corrected chi connectivity index (χ2v) is 6.60. The van der Waals surface area contributed by atoms with E-state index in [1.807, 2.05) is 10.8 Å². The van der Waals surface area contributed by atoms with Crippen molar-refractivity contribution in [2.24, 2.45) is 0 Å². The number of hydrogen-bond donors (Lipinski definition) is 2. The Morgan fingerprint density at radius 3 is 2.79 bits per heavy atom. The molecule has 5 nitrogen and oxygen atoms in total. The van der Waals surface area contributed by atoms with Gasteiger partial charge in [0.05, 0.1) is 0 Å². The van der Waals surface area contributed by atoms with Crippen molar-refractivity contribution in [2.45, 2.75) is 45.6 Å². The Balaban J connectivity index is 1.82. The molecule has 0 bridgehead atoms. The molecule has 0 radical (unpaired) electrons. The van der Waals surface area contributed by atoms with Gasteiger partial charge in [-0.1, -0.05) is 25.2 Å².